The number of likely N-dealkylation sites (tertiary alicyclic amines) is 1. The van der Waals surface area contributed by atoms with Crippen LogP contribution in [0.15, 0.2) is 79.1 Å². The fraction of sp³-hybridized carbons (Fsp3) is 0.308. The first kappa shape index (κ1) is 20.3. The lowest BCUT2D eigenvalue weighted by atomic mass is 9.78. The number of rotatable bonds is 6. The van der Waals surface area contributed by atoms with Crippen molar-refractivity contribution in [1.82, 2.24) is 14.8 Å². The van der Waals surface area contributed by atoms with Gasteiger partial charge in [0.25, 0.3) is 0 Å². The molecular weight excluding hydrogens is 370 g/mol. The molecule has 4 rings (SSSR count). The number of carbonyl (C=O) groups excluding carboxylic acids is 1. The molecule has 1 aromatic heterocycles. The lowest BCUT2D eigenvalue weighted by molar-refractivity contribution is -0.138. The number of hydrogen-bond donors (Lipinski definition) is 0. The van der Waals surface area contributed by atoms with Gasteiger partial charge in [-0.25, -0.2) is 0 Å². The predicted octanol–water partition coefficient (Wildman–Crippen LogP) is 4.27. The topological polar surface area (TPSA) is 36.4 Å². The first-order chi connectivity index (χ1) is 14.6. The summed E-state index contributed by atoms with van der Waals surface area (Å²) in [4.78, 5) is 21.9. The van der Waals surface area contributed by atoms with Gasteiger partial charge in [-0.1, -0.05) is 60.7 Å². The van der Waals surface area contributed by atoms with E-state index in [0.29, 0.717) is 0 Å². The Bertz CT molecular complexity index is 987. The summed E-state index contributed by atoms with van der Waals surface area (Å²) in [6, 6.07) is 23.0. The molecule has 0 saturated carbocycles. The molecule has 0 bridgehead atoms. The Kier molecular flexibility index (Phi) is 5.96. The summed E-state index contributed by atoms with van der Waals surface area (Å²) >= 11 is 0. The highest BCUT2D eigenvalue weighted by Gasteiger charge is 2.45. The van der Waals surface area contributed by atoms with E-state index in [-0.39, 0.29) is 5.91 Å². The Morgan fingerprint density at radius 2 is 1.80 bits per heavy atom. The fourth-order valence-corrected chi connectivity index (χ4v) is 4.65. The van der Waals surface area contributed by atoms with E-state index in [2.05, 4.69) is 64.5 Å². The lowest BCUT2D eigenvalue weighted by Crippen LogP contribution is -2.44. The zero-order valence-corrected chi connectivity index (χ0v) is 17.8. The summed E-state index contributed by atoms with van der Waals surface area (Å²) in [5.41, 5.74) is 4.36. The minimum atomic E-state index is -0.406. The highest BCUT2D eigenvalue weighted by molar-refractivity contribution is 5.84. The molecule has 0 radical (unpaired) electrons. The molecule has 0 N–H and O–H groups in total. The average molecular weight is 400 g/mol. The Hall–Kier alpha value is -2.98. The molecule has 154 valence electrons. The molecule has 2 aromatic carbocycles. The third kappa shape index (κ3) is 4.29. The van der Waals surface area contributed by atoms with Crippen LogP contribution in [-0.4, -0.2) is 47.9 Å². The molecule has 1 aliphatic heterocycles. The normalized spacial score (nSPS) is 19.0. The van der Waals surface area contributed by atoms with Crippen LogP contribution >= 0.6 is 0 Å². The molecule has 3 aromatic rings. The maximum Gasteiger partial charge on any atom is 0.229 e. The third-order valence-electron chi connectivity index (χ3n) is 6.06. The van der Waals surface area contributed by atoms with Crippen LogP contribution < -0.4 is 0 Å². The van der Waals surface area contributed by atoms with E-state index in [9.17, 15) is 4.79 Å². The summed E-state index contributed by atoms with van der Waals surface area (Å²) in [5, 5.41) is 0. The second-order valence-corrected chi connectivity index (χ2v) is 8.50. The number of pyridine rings is 1. The van der Waals surface area contributed by atoms with E-state index in [1.165, 1.54) is 11.1 Å². The minimum Gasteiger partial charge on any atom is -0.348 e. The van der Waals surface area contributed by atoms with E-state index in [1.807, 2.05) is 32.4 Å². The Morgan fingerprint density at radius 3 is 2.53 bits per heavy atom. The average Bonchev–Trinajstić information content (AvgIpc) is 3.18. The minimum absolute atomic E-state index is 0.221. The van der Waals surface area contributed by atoms with E-state index < -0.39 is 5.41 Å². The van der Waals surface area contributed by atoms with Gasteiger partial charge in [-0.2, -0.15) is 0 Å². The van der Waals surface area contributed by atoms with Crippen molar-refractivity contribution in [3.63, 3.8) is 0 Å². The van der Waals surface area contributed by atoms with Crippen molar-refractivity contribution in [1.29, 1.82) is 0 Å². The molecular formula is C26H29N3O. The molecule has 1 atom stereocenters. The molecule has 1 aliphatic rings. The Labute approximate surface area is 179 Å². The molecule has 0 spiro atoms. The highest BCUT2D eigenvalue weighted by Crippen LogP contribution is 2.39. The van der Waals surface area contributed by atoms with Gasteiger partial charge < -0.3 is 4.90 Å². The molecule has 1 amide bonds. The van der Waals surface area contributed by atoms with Crippen molar-refractivity contribution in [2.75, 3.05) is 27.2 Å². The number of benzene rings is 2. The van der Waals surface area contributed by atoms with Gasteiger partial charge in [-0.15, -0.1) is 0 Å². The quantitative estimate of drug-likeness (QED) is 0.621. The maximum absolute atomic E-state index is 13.4. The molecule has 4 nitrogen and oxygen atoms in total. The highest BCUT2D eigenvalue weighted by atomic mass is 16.2. The van der Waals surface area contributed by atoms with Crippen LogP contribution in [0.3, 0.4) is 0 Å². The third-order valence-corrected chi connectivity index (χ3v) is 6.06. The zero-order valence-electron chi connectivity index (χ0n) is 17.8. The second kappa shape index (κ2) is 8.80. The van der Waals surface area contributed by atoms with E-state index >= 15 is 0 Å². The van der Waals surface area contributed by atoms with Gasteiger partial charge in [-0.3, -0.25) is 14.7 Å². The first-order valence-electron chi connectivity index (χ1n) is 10.5. The van der Waals surface area contributed by atoms with Crippen molar-refractivity contribution in [3.8, 4) is 11.1 Å². The van der Waals surface area contributed by atoms with Crippen LogP contribution in [0.4, 0.5) is 0 Å². The molecule has 30 heavy (non-hydrogen) atoms. The number of amides is 1. The molecule has 0 aliphatic carbocycles. The number of hydrogen-bond acceptors (Lipinski definition) is 3. The van der Waals surface area contributed by atoms with Crippen LogP contribution in [-0.2, 0) is 17.8 Å². The van der Waals surface area contributed by atoms with Gasteiger partial charge in [0.05, 0.1) is 5.41 Å². The van der Waals surface area contributed by atoms with Crippen molar-refractivity contribution in [3.05, 3.63) is 90.3 Å². The lowest BCUT2D eigenvalue weighted by Gasteiger charge is -2.32. The monoisotopic (exact) mass is 399 g/mol. The maximum atomic E-state index is 13.4. The van der Waals surface area contributed by atoms with Gasteiger partial charge in [0.15, 0.2) is 0 Å². The Balaban J connectivity index is 1.63. The molecule has 1 fully saturated rings. The first-order valence-corrected chi connectivity index (χ1v) is 10.5. The number of aromatic nitrogens is 1. The number of nitrogens with zero attached hydrogens (tertiary/aromatic N) is 3. The van der Waals surface area contributed by atoms with Crippen molar-refractivity contribution in [2.24, 2.45) is 5.41 Å². The summed E-state index contributed by atoms with van der Waals surface area (Å²) in [6.07, 6.45) is 5.30. The zero-order chi connectivity index (χ0) is 21.0. The van der Waals surface area contributed by atoms with Crippen LogP contribution in [0, 0.1) is 5.41 Å². The van der Waals surface area contributed by atoms with Crippen molar-refractivity contribution >= 4 is 5.91 Å². The van der Waals surface area contributed by atoms with E-state index in [0.717, 1.165) is 43.6 Å². The largest absolute Gasteiger partial charge is 0.348 e. The van der Waals surface area contributed by atoms with Crippen LogP contribution in [0.25, 0.3) is 11.1 Å². The van der Waals surface area contributed by atoms with Crippen LogP contribution in [0.1, 0.15) is 17.5 Å². The standard InChI is InChI=1S/C26H29N3O/c1-28(2)25(30)26(14-16-29(20-26)19-21-9-4-3-5-10-21)17-22-11-6-7-13-24(22)23-12-8-15-27-18-23/h3-13,15,18H,14,16-17,19-20H2,1-2H3. The summed E-state index contributed by atoms with van der Waals surface area (Å²) in [6.45, 7) is 2.59. The smallest absolute Gasteiger partial charge is 0.229 e. The summed E-state index contributed by atoms with van der Waals surface area (Å²) in [5.74, 6) is 0.221. The summed E-state index contributed by atoms with van der Waals surface area (Å²) in [7, 11) is 3.74. The van der Waals surface area contributed by atoms with Gasteiger partial charge in [0.2, 0.25) is 5.91 Å². The second-order valence-electron chi connectivity index (χ2n) is 8.50. The molecule has 1 saturated heterocycles. The van der Waals surface area contributed by atoms with Gasteiger partial charge in [0.1, 0.15) is 0 Å². The predicted molar refractivity (Wildman–Crippen MR) is 121 cm³/mol. The Morgan fingerprint density at radius 1 is 1.03 bits per heavy atom. The SMILES string of the molecule is CN(C)C(=O)C1(Cc2ccccc2-c2cccnc2)CCN(Cc2ccccc2)C1. The van der Waals surface area contributed by atoms with Crippen molar-refractivity contribution < 1.29 is 4.79 Å². The molecule has 2 heterocycles. The van der Waals surface area contributed by atoms with Crippen molar-refractivity contribution in [2.45, 2.75) is 19.4 Å². The van der Waals surface area contributed by atoms with Crippen LogP contribution in [0.2, 0.25) is 0 Å². The van der Waals surface area contributed by atoms with E-state index in [1.54, 1.807) is 11.1 Å². The van der Waals surface area contributed by atoms with E-state index in [4.69, 9.17) is 0 Å². The van der Waals surface area contributed by atoms with Gasteiger partial charge >= 0.3 is 0 Å². The fourth-order valence-electron chi connectivity index (χ4n) is 4.65. The molecule has 4 heteroatoms. The summed E-state index contributed by atoms with van der Waals surface area (Å²) < 4.78 is 0. The van der Waals surface area contributed by atoms with Gasteiger partial charge in [0, 0.05) is 45.1 Å². The number of carbonyl (C=O) groups is 1. The molecule has 1 unspecified atom stereocenters. The van der Waals surface area contributed by atoms with Crippen LogP contribution in [0.5, 0.6) is 0 Å². The van der Waals surface area contributed by atoms with Gasteiger partial charge in [-0.05, 0) is 42.1 Å².